The Hall–Kier alpha value is -0.610. The van der Waals surface area contributed by atoms with Gasteiger partial charge in [0, 0.05) is 21.0 Å². The van der Waals surface area contributed by atoms with E-state index in [-0.39, 0.29) is 6.61 Å². The molecule has 1 aromatic heterocycles. The highest BCUT2D eigenvalue weighted by Crippen LogP contribution is 2.29. The second kappa shape index (κ2) is 4.49. The number of aliphatic hydroxyl groups is 1. The largest absolute Gasteiger partial charge is 0.390 e. The highest BCUT2D eigenvalue weighted by molar-refractivity contribution is 7.13. The van der Waals surface area contributed by atoms with E-state index in [0.717, 1.165) is 10.6 Å². The van der Waals surface area contributed by atoms with Crippen LogP contribution in [-0.2, 0) is 6.61 Å². The zero-order valence-corrected chi connectivity index (χ0v) is 9.90. The zero-order chi connectivity index (χ0) is 10.8. The van der Waals surface area contributed by atoms with Crippen LogP contribution in [0, 0.1) is 0 Å². The summed E-state index contributed by atoms with van der Waals surface area (Å²) < 4.78 is 0. The van der Waals surface area contributed by atoms with E-state index >= 15 is 0 Å². The molecule has 2 nitrogen and oxygen atoms in total. The topological polar surface area (TPSA) is 33.1 Å². The van der Waals surface area contributed by atoms with Gasteiger partial charge in [-0.15, -0.1) is 11.3 Å². The minimum atomic E-state index is -0.0508. The van der Waals surface area contributed by atoms with Crippen LogP contribution in [0.1, 0.15) is 5.69 Å². The first-order valence-corrected chi connectivity index (χ1v) is 5.84. The molecule has 0 atom stereocenters. The van der Waals surface area contributed by atoms with Crippen LogP contribution < -0.4 is 0 Å². The van der Waals surface area contributed by atoms with Crippen molar-refractivity contribution in [1.29, 1.82) is 0 Å². The van der Waals surface area contributed by atoms with Gasteiger partial charge in [-0.1, -0.05) is 23.2 Å². The van der Waals surface area contributed by atoms with Crippen molar-refractivity contribution >= 4 is 34.5 Å². The number of rotatable bonds is 2. The minimum absolute atomic E-state index is 0.0508. The average molecular weight is 260 g/mol. The van der Waals surface area contributed by atoms with Crippen molar-refractivity contribution < 1.29 is 5.11 Å². The predicted molar refractivity (Wildman–Crippen MR) is 63.5 cm³/mol. The normalized spacial score (nSPS) is 10.6. The molecule has 2 aromatic rings. The summed E-state index contributed by atoms with van der Waals surface area (Å²) in [6, 6.07) is 5.27. The van der Waals surface area contributed by atoms with Crippen LogP contribution >= 0.6 is 34.5 Å². The van der Waals surface area contributed by atoms with Crippen molar-refractivity contribution in [3.05, 3.63) is 39.3 Å². The fourth-order valence-electron chi connectivity index (χ4n) is 1.19. The molecule has 1 N–H and O–H groups in total. The number of aliphatic hydroxyl groups excluding tert-OH is 1. The van der Waals surface area contributed by atoms with E-state index in [1.165, 1.54) is 11.3 Å². The Morgan fingerprint density at radius 3 is 2.40 bits per heavy atom. The van der Waals surface area contributed by atoms with Crippen LogP contribution in [0.3, 0.4) is 0 Å². The van der Waals surface area contributed by atoms with E-state index in [1.54, 1.807) is 18.2 Å². The van der Waals surface area contributed by atoms with Crippen LogP contribution in [0.2, 0.25) is 10.0 Å². The van der Waals surface area contributed by atoms with Gasteiger partial charge in [-0.2, -0.15) is 0 Å². The van der Waals surface area contributed by atoms with Crippen molar-refractivity contribution in [1.82, 2.24) is 4.98 Å². The quantitative estimate of drug-likeness (QED) is 0.894. The van der Waals surface area contributed by atoms with Gasteiger partial charge in [0.05, 0.1) is 12.3 Å². The van der Waals surface area contributed by atoms with E-state index in [1.807, 2.05) is 5.38 Å². The van der Waals surface area contributed by atoms with Crippen LogP contribution in [0.4, 0.5) is 0 Å². The summed E-state index contributed by atoms with van der Waals surface area (Å²) in [7, 11) is 0. The molecule has 2 rings (SSSR count). The molecular weight excluding hydrogens is 253 g/mol. The van der Waals surface area contributed by atoms with Crippen molar-refractivity contribution in [2.24, 2.45) is 0 Å². The Kier molecular flexibility index (Phi) is 3.26. The lowest BCUT2D eigenvalue weighted by Crippen LogP contribution is -1.82. The smallest absolute Gasteiger partial charge is 0.123 e. The molecule has 5 heteroatoms. The third-order valence-corrected chi connectivity index (χ3v) is 3.20. The lowest BCUT2D eigenvalue weighted by molar-refractivity contribution is 0.278. The van der Waals surface area contributed by atoms with Gasteiger partial charge in [0.15, 0.2) is 0 Å². The van der Waals surface area contributed by atoms with Crippen molar-refractivity contribution in [3.63, 3.8) is 0 Å². The maximum absolute atomic E-state index is 8.90. The second-order valence-electron chi connectivity index (χ2n) is 2.96. The maximum Gasteiger partial charge on any atom is 0.123 e. The van der Waals surface area contributed by atoms with Gasteiger partial charge < -0.3 is 5.11 Å². The summed E-state index contributed by atoms with van der Waals surface area (Å²) in [4.78, 5) is 4.23. The standard InChI is InChI=1S/C10H7Cl2NOS/c11-7-1-6(2-8(12)3-7)10-13-9(4-14)5-15-10/h1-3,5,14H,4H2. The highest BCUT2D eigenvalue weighted by Gasteiger charge is 2.06. The highest BCUT2D eigenvalue weighted by atomic mass is 35.5. The van der Waals surface area contributed by atoms with Gasteiger partial charge in [-0.25, -0.2) is 4.98 Å². The number of nitrogens with zero attached hydrogens (tertiary/aromatic N) is 1. The number of halogens is 2. The van der Waals surface area contributed by atoms with Crippen molar-refractivity contribution in [3.8, 4) is 10.6 Å². The number of benzene rings is 1. The molecule has 0 radical (unpaired) electrons. The summed E-state index contributed by atoms with van der Waals surface area (Å²) >= 11 is 13.2. The van der Waals surface area contributed by atoms with Crippen LogP contribution in [0.15, 0.2) is 23.6 Å². The van der Waals surface area contributed by atoms with Gasteiger partial charge in [0.2, 0.25) is 0 Å². The number of hydrogen-bond acceptors (Lipinski definition) is 3. The molecule has 0 saturated heterocycles. The van der Waals surface area contributed by atoms with Gasteiger partial charge in [-0.3, -0.25) is 0 Å². The second-order valence-corrected chi connectivity index (χ2v) is 4.69. The molecule has 0 unspecified atom stereocenters. The maximum atomic E-state index is 8.90. The molecule has 0 fully saturated rings. The number of thiazole rings is 1. The monoisotopic (exact) mass is 259 g/mol. The molecule has 15 heavy (non-hydrogen) atoms. The molecule has 0 saturated carbocycles. The van der Waals surface area contributed by atoms with E-state index in [9.17, 15) is 0 Å². The molecule has 0 amide bonds. The van der Waals surface area contributed by atoms with Gasteiger partial charge in [-0.05, 0) is 18.2 Å². The summed E-state index contributed by atoms with van der Waals surface area (Å²) in [5.41, 5.74) is 1.53. The average Bonchev–Trinajstić information content (AvgIpc) is 2.64. The van der Waals surface area contributed by atoms with Crippen LogP contribution in [0.25, 0.3) is 10.6 Å². The lowest BCUT2D eigenvalue weighted by atomic mass is 10.2. The van der Waals surface area contributed by atoms with Gasteiger partial charge >= 0.3 is 0 Å². The fourth-order valence-corrected chi connectivity index (χ4v) is 2.51. The van der Waals surface area contributed by atoms with Crippen LogP contribution in [0.5, 0.6) is 0 Å². The lowest BCUT2D eigenvalue weighted by Gasteiger charge is -1.98. The summed E-state index contributed by atoms with van der Waals surface area (Å²) in [5, 5.41) is 12.7. The van der Waals surface area contributed by atoms with Crippen LogP contribution in [-0.4, -0.2) is 10.1 Å². The molecule has 1 aromatic carbocycles. The Labute approximate surface area is 101 Å². The molecule has 0 bridgehead atoms. The Balaban J connectivity index is 2.44. The predicted octanol–water partition coefficient (Wildman–Crippen LogP) is 3.61. The first kappa shape index (κ1) is 10.9. The van der Waals surface area contributed by atoms with E-state index in [0.29, 0.717) is 15.7 Å². The van der Waals surface area contributed by atoms with Crippen molar-refractivity contribution in [2.75, 3.05) is 0 Å². The molecule has 1 heterocycles. The first-order valence-electron chi connectivity index (χ1n) is 4.21. The SMILES string of the molecule is OCc1csc(-c2cc(Cl)cc(Cl)c2)n1. The number of hydrogen-bond donors (Lipinski definition) is 1. The fraction of sp³-hybridized carbons (Fsp3) is 0.100. The molecule has 0 aliphatic rings. The molecule has 78 valence electrons. The minimum Gasteiger partial charge on any atom is -0.390 e. The summed E-state index contributed by atoms with van der Waals surface area (Å²) in [5.74, 6) is 0. The zero-order valence-electron chi connectivity index (χ0n) is 7.58. The molecule has 0 aliphatic heterocycles. The Bertz CT molecular complexity index is 464. The summed E-state index contributed by atoms with van der Waals surface area (Å²) in [6.07, 6.45) is 0. The third-order valence-electron chi connectivity index (χ3n) is 1.82. The third kappa shape index (κ3) is 2.49. The van der Waals surface area contributed by atoms with Gasteiger partial charge in [0.25, 0.3) is 0 Å². The molecule has 0 spiro atoms. The van der Waals surface area contributed by atoms with Crippen molar-refractivity contribution in [2.45, 2.75) is 6.61 Å². The molecule has 0 aliphatic carbocycles. The van der Waals surface area contributed by atoms with E-state index in [2.05, 4.69) is 4.98 Å². The first-order chi connectivity index (χ1) is 7.19. The summed E-state index contributed by atoms with van der Waals surface area (Å²) in [6.45, 7) is -0.0508. The van der Waals surface area contributed by atoms with E-state index < -0.39 is 0 Å². The Morgan fingerprint density at radius 2 is 1.87 bits per heavy atom. The molecular formula is C10H7Cl2NOS. The Morgan fingerprint density at radius 1 is 1.20 bits per heavy atom. The van der Waals surface area contributed by atoms with Gasteiger partial charge in [0.1, 0.15) is 5.01 Å². The van der Waals surface area contributed by atoms with E-state index in [4.69, 9.17) is 28.3 Å². The number of aromatic nitrogens is 1.